The second kappa shape index (κ2) is 4.63. The zero-order chi connectivity index (χ0) is 11.5. The highest BCUT2D eigenvalue weighted by molar-refractivity contribution is 5.90. The molecule has 0 bridgehead atoms. The van der Waals surface area contributed by atoms with E-state index >= 15 is 0 Å². The lowest BCUT2D eigenvalue weighted by molar-refractivity contribution is -0.0172. The number of nitrogens with two attached hydrogens (primary N) is 1. The summed E-state index contributed by atoms with van der Waals surface area (Å²) >= 11 is 0. The molecule has 88 valence electrons. The fourth-order valence-corrected chi connectivity index (χ4v) is 1.76. The first-order valence-corrected chi connectivity index (χ1v) is 5.30. The van der Waals surface area contributed by atoms with E-state index in [0.29, 0.717) is 32.1 Å². The van der Waals surface area contributed by atoms with Crippen LogP contribution in [0.3, 0.4) is 0 Å². The van der Waals surface area contributed by atoms with Gasteiger partial charge >= 0.3 is 0 Å². The van der Waals surface area contributed by atoms with Crippen molar-refractivity contribution >= 4 is 5.91 Å². The quantitative estimate of drug-likeness (QED) is 0.715. The van der Waals surface area contributed by atoms with Crippen molar-refractivity contribution in [3.05, 3.63) is 18.2 Å². The molecule has 1 aromatic heterocycles. The van der Waals surface area contributed by atoms with Gasteiger partial charge < -0.3 is 19.9 Å². The van der Waals surface area contributed by atoms with Crippen LogP contribution in [0.15, 0.2) is 12.4 Å². The number of nitrogens with zero attached hydrogens (tertiary/aromatic N) is 3. The molecule has 1 unspecified atom stereocenters. The molecule has 0 radical (unpaired) electrons. The lowest BCUT2D eigenvalue weighted by atomic mass is 10.2. The van der Waals surface area contributed by atoms with E-state index in [1.54, 1.807) is 28.9 Å². The predicted molar refractivity (Wildman–Crippen MR) is 57.9 cm³/mol. The molecule has 1 aromatic rings. The number of imidazole rings is 1. The Bertz CT molecular complexity index is 377. The maximum Gasteiger partial charge on any atom is 0.290 e. The maximum absolute atomic E-state index is 12.1. The summed E-state index contributed by atoms with van der Waals surface area (Å²) in [5.41, 5.74) is 5.53. The van der Waals surface area contributed by atoms with E-state index in [1.165, 1.54) is 0 Å². The molecule has 6 heteroatoms. The van der Waals surface area contributed by atoms with E-state index in [-0.39, 0.29) is 12.0 Å². The Balaban J connectivity index is 2.07. The molecule has 6 nitrogen and oxygen atoms in total. The molecular weight excluding hydrogens is 208 g/mol. The lowest BCUT2D eigenvalue weighted by Crippen LogP contribution is -2.48. The average Bonchev–Trinajstić information content (AvgIpc) is 2.74. The third-order valence-electron chi connectivity index (χ3n) is 2.70. The Morgan fingerprint density at radius 2 is 2.56 bits per heavy atom. The molecule has 1 aliphatic heterocycles. The van der Waals surface area contributed by atoms with Gasteiger partial charge in [0.1, 0.15) is 0 Å². The molecule has 1 saturated heterocycles. The van der Waals surface area contributed by atoms with Crippen LogP contribution < -0.4 is 5.73 Å². The predicted octanol–water partition coefficient (Wildman–Crippen LogP) is -0.780. The van der Waals surface area contributed by atoms with Gasteiger partial charge in [0, 0.05) is 39.1 Å². The van der Waals surface area contributed by atoms with Crippen LogP contribution in [-0.4, -0.2) is 52.7 Å². The first-order chi connectivity index (χ1) is 7.72. The lowest BCUT2D eigenvalue weighted by Gasteiger charge is -2.32. The minimum Gasteiger partial charge on any atom is -0.373 e. The van der Waals surface area contributed by atoms with Crippen molar-refractivity contribution in [1.29, 1.82) is 0 Å². The standard InChI is InChI=1S/C10H16N4O2/c1-13-3-2-12-9(13)10(15)14-4-5-16-8(6-11)7-14/h2-3,8H,4-7,11H2,1H3. The van der Waals surface area contributed by atoms with E-state index in [2.05, 4.69) is 4.98 Å². The molecule has 2 heterocycles. The monoisotopic (exact) mass is 224 g/mol. The van der Waals surface area contributed by atoms with Gasteiger partial charge in [-0.3, -0.25) is 4.79 Å². The van der Waals surface area contributed by atoms with Gasteiger partial charge in [-0.1, -0.05) is 0 Å². The molecule has 1 aliphatic rings. The normalized spacial score (nSPS) is 21.1. The fraction of sp³-hybridized carbons (Fsp3) is 0.600. The van der Waals surface area contributed by atoms with Gasteiger partial charge in [0.15, 0.2) is 5.82 Å². The third kappa shape index (κ3) is 2.07. The molecule has 0 spiro atoms. The van der Waals surface area contributed by atoms with Crippen LogP contribution in [-0.2, 0) is 11.8 Å². The zero-order valence-corrected chi connectivity index (χ0v) is 9.30. The Morgan fingerprint density at radius 1 is 1.75 bits per heavy atom. The maximum atomic E-state index is 12.1. The molecular formula is C10H16N4O2. The Kier molecular flexibility index (Phi) is 3.21. The second-order valence-electron chi connectivity index (χ2n) is 3.84. The Labute approximate surface area is 94.0 Å². The third-order valence-corrected chi connectivity index (χ3v) is 2.70. The number of aromatic nitrogens is 2. The fourth-order valence-electron chi connectivity index (χ4n) is 1.76. The van der Waals surface area contributed by atoms with Crippen molar-refractivity contribution in [2.75, 3.05) is 26.2 Å². The first kappa shape index (κ1) is 11.1. The van der Waals surface area contributed by atoms with Crippen LogP contribution in [0, 0.1) is 0 Å². The summed E-state index contributed by atoms with van der Waals surface area (Å²) in [6.45, 7) is 2.12. The van der Waals surface area contributed by atoms with Crippen molar-refractivity contribution in [2.24, 2.45) is 12.8 Å². The van der Waals surface area contributed by atoms with Gasteiger partial charge in [0.25, 0.3) is 5.91 Å². The summed E-state index contributed by atoms with van der Waals surface area (Å²) in [6.07, 6.45) is 3.32. The average molecular weight is 224 g/mol. The molecule has 1 amide bonds. The number of carbonyl (C=O) groups excluding carboxylic acids is 1. The van der Waals surface area contributed by atoms with Crippen molar-refractivity contribution < 1.29 is 9.53 Å². The second-order valence-corrected chi connectivity index (χ2v) is 3.84. The number of hydrogen-bond acceptors (Lipinski definition) is 4. The Morgan fingerprint density at radius 3 is 3.19 bits per heavy atom. The van der Waals surface area contributed by atoms with Crippen LogP contribution >= 0.6 is 0 Å². The number of ether oxygens (including phenoxy) is 1. The number of hydrogen-bond donors (Lipinski definition) is 1. The molecule has 0 aliphatic carbocycles. The number of amides is 1. The molecule has 1 atom stereocenters. The van der Waals surface area contributed by atoms with Crippen LogP contribution in [0.5, 0.6) is 0 Å². The van der Waals surface area contributed by atoms with Crippen molar-refractivity contribution in [3.8, 4) is 0 Å². The van der Waals surface area contributed by atoms with Crippen LogP contribution in [0.1, 0.15) is 10.6 Å². The van der Waals surface area contributed by atoms with Crippen molar-refractivity contribution in [2.45, 2.75) is 6.10 Å². The zero-order valence-electron chi connectivity index (χ0n) is 9.30. The summed E-state index contributed by atoms with van der Waals surface area (Å²) < 4.78 is 7.13. The molecule has 0 aromatic carbocycles. The SMILES string of the molecule is Cn1ccnc1C(=O)N1CCOC(CN)C1. The number of morpholine rings is 1. The van der Waals surface area contributed by atoms with Gasteiger partial charge in [0.2, 0.25) is 0 Å². The van der Waals surface area contributed by atoms with Gasteiger partial charge in [-0.2, -0.15) is 0 Å². The van der Waals surface area contributed by atoms with E-state index < -0.39 is 0 Å². The van der Waals surface area contributed by atoms with Crippen LogP contribution in [0.2, 0.25) is 0 Å². The topological polar surface area (TPSA) is 73.4 Å². The minimum absolute atomic E-state index is 0.0574. The number of rotatable bonds is 2. The number of carbonyl (C=O) groups is 1. The molecule has 16 heavy (non-hydrogen) atoms. The summed E-state index contributed by atoms with van der Waals surface area (Å²) in [5.74, 6) is 0.395. The highest BCUT2D eigenvalue weighted by atomic mass is 16.5. The highest BCUT2D eigenvalue weighted by Gasteiger charge is 2.26. The van der Waals surface area contributed by atoms with E-state index in [1.807, 2.05) is 0 Å². The van der Waals surface area contributed by atoms with E-state index in [9.17, 15) is 4.79 Å². The van der Waals surface area contributed by atoms with E-state index in [0.717, 1.165) is 0 Å². The largest absolute Gasteiger partial charge is 0.373 e. The molecule has 2 N–H and O–H groups in total. The van der Waals surface area contributed by atoms with Gasteiger partial charge in [-0.05, 0) is 0 Å². The first-order valence-electron chi connectivity index (χ1n) is 5.30. The van der Waals surface area contributed by atoms with Crippen LogP contribution in [0.4, 0.5) is 0 Å². The van der Waals surface area contributed by atoms with Crippen molar-refractivity contribution in [3.63, 3.8) is 0 Å². The van der Waals surface area contributed by atoms with E-state index in [4.69, 9.17) is 10.5 Å². The summed E-state index contributed by atoms with van der Waals surface area (Å²) in [7, 11) is 1.81. The van der Waals surface area contributed by atoms with Gasteiger partial charge in [-0.15, -0.1) is 0 Å². The molecule has 2 rings (SSSR count). The van der Waals surface area contributed by atoms with Crippen LogP contribution in [0.25, 0.3) is 0 Å². The molecule has 0 saturated carbocycles. The Hall–Kier alpha value is -1.40. The molecule has 1 fully saturated rings. The smallest absolute Gasteiger partial charge is 0.290 e. The van der Waals surface area contributed by atoms with Gasteiger partial charge in [0.05, 0.1) is 12.7 Å². The number of aryl methyl sites for hydroxylation is 1. The van der Waals surface area contributed by atoms with Gasteiger partial charge in [-0.25, -0.2) is 4.98 Å². The van der Waals surface area contributed by atoms with Crippen molar-refractivity contribution in [1.82, 2.24) is 14.5 Å². The highest BCUT2D eigenvalue weighted by Crippen LogP contribution is 2.08. The summed E-state index contributed by atoms with van der Waals surface area (Å²) in [5, 5.41) is 0. The summed E-state index contributed by atoms with van der Waals surface area (Å²) in [6, 6.07) is 0. The summed E-state index contributed by atoms with van der Waals surface area (Å²) in [4.78, 5) is 17.9. The minimum atomic E-state index is -0.0609.